The van der Waals surface area contributed by atoms with E-state index in [1.807, 2.05) is 26.8 Å². The van der Waals surface area contributed by atoms with E-state index in [1.54, 1.807) is 64.6 Å². The fourth-order valence-corrected chi connectivity index (χ4v) is 3.46. The molecule has 0 spiro atoms. The van der Waals surface area contributed by atoms with Gasteiger partial charge in [-0.2, -0.15) is 4.90 Å². The second-order valence-corrected chi connectivity index (χ2v) is 11.8. The normalized spacial score (nSPS) is 14.7. The van der Waals surface area contributed by atoms with E-state index in [1.165, 1.54) is 0 Å². The number of anilines is 1. The predicted octanol–water partition coefficient (Wildman–Crippen LogP) is 7.04. The lowest BCUT2D eigenvalue weighted by Crippen LogP contribution is -2.44. The largest absolute Gasteiger partial charge is 0.444 e. The van der Waals surface area contributed by atoms with Gasteiger partial charge in [0.05, 0.1) is 10.7 Å². The Bertz CT molecular complexity index is 971. The van der Waals surface area contributed by atoms with Gasteiger partial charge in [-0.15, -0.1) is 0 Å². The molecule has 0 saturated carbocycles. The van der Waals surface area contributed by atoms with Crippen LogP contribution in [0.4, 0.5) is 20.1 Å². The molecule has 1 aromatic rings. The molecule has 1 aliphatic heterocycles. The Morgan fingerprint density at radius 3 is 1.77 bits per heavy atom. The Labute approximate surface area is 213 Å². The highest BCUT2D eigenvalue weighted by atomic mass is 35.5. The summed E-state index contributed by atoms with van der Waals surface area (Å²) in [5, 5.41) is 0.190. The van der Waals surface area contributed by atoms with Crippen LogP contribution in [0.2, 0.25) is 5.02 Å². The molecule has 0 atom stereocenters. The minimum Gasteiger partial charge on any atom is -0.444 e. The zero-order chi connectivity index (χ0) is 26.8. The highest BCUT2D eigenvalue weighted by molar-refractivity contribution is 6.35. The van der Waals surface area contributed by atoms with Crippen molar-refractivity contribution in [1.82, 2.24) is 4.90 Å². The van der Waals surface area contributed by atoms with Crippen molar-refractivity contribution in [2.75, 3.05) is 18.0 Å². The summed E-state index contributed by atoms with van der Waals surface area (Å²) in [5.41, 5.74) is -0.215. The Balaban J connectivity index is 2.29. The van der Waals surface area contributed by atoms with Gasteiger partial charge in [0.1, 0.15) is 16.8 Å². The van der Waals surface area contributed by atoms with Crippen LogP contribution in [-0.2, 0) is 14.2 Å². The fourth-order valence-electron chi connectivity index (χ4n) is 3.20. The van der Waals surface area contributed by atoms with Crippen molar-refractivity contribution in [1.29, 1.82) is 0 Å². The molecule has 0 unspecified atom stereocenters. The third-order valence-corrected chi connectivity index (χ3v) is 4.88. The summed E-state index contributed by atoms with van der Waals surface area (Å²) in [4.78, 5) is 40.6. The van der Waals surface area contributed by atoms with Gasteiger partial charge in [-0.1, -0.05) is 23.7 Å². The van der Waals surface area contributed by atoms with Gasteiger partial charge in [-0.25, -0.2) is 14.4 Å². The molecule has 0 N–H and O–H groups in total. The molecule has 0 aliphatic carbocycles. The summed E-state index contributed by atoms with van der Waals surface area (Å²) >= 11 is 6.56. The third-order valence-electron chi connectivity index (χ3n) is 4.57. The maximum absolute atomic E-state index is 12.9. The zero-order valence-corrected chi connectivity index (χ0v) is 22.9. The van der Waals surface area contributed by atoms with Crippen molar-refractivity contribution in [2.45, 2.75) is 85.5 Å². The highest BCUT2D eigenvalue weighted by Crippen LogP contribution is 2.33. The number of ether oxygens (including phenoxy) is 3. The first-order valence-electron chi connectivity index (χ1n) is 11.6. The first kappa shape index (κ1) is 28.5. The van der Waals surface area contributed by atoms with Gasteiger partial charge < -0.3 is 19.1 Å². The Hall–Kier alpha value is -2.74. The number of hydrogen-bond acceptors (Lipinski definition) is 6. The van der Waals surface area contributed by atoms with Crippen LogP contribution in [0.25, 0.3) is 5.57 Å². The molecule has 9 heteroatoms. The number of hydrogen-bond donors (Lipinski definition) is 0. The van der Waals surface area contributed by atoms with Gasteiger partial charge >= 0.3 is 18.3 Å². The van der Waals surface area contributed by atoms with Crippen molar-refractivity contribution in [3.05, 3.63) is 34.9 Å². The summed E-state index contributed by atoms with van der Waals surface area (Å²) in [7, 11) is 0. The molecular formula is C26H37ClN2O6. The standard InChI is InChI=1S/C26H37ClN2O6/c1-24(2,3)33-21(30)28-14-12-17(13-15-28)18-10-11-20(19(27)16-18)29(22(31)34-25(4,5)6)23(32)35-26(7,8)9/h10-12,16H,13-15H2,1-9H3. The van der Waals surface area contributed by atoms with Crippen LogP contribution < -0.4 is 4.90 Å². The SMILES string of the molecule is CC(C)(C)OC(=O)N1CC=C(c2ccc(N(C(=O)OC(C)(C)C)C(=O)OC(C)(C)C)c(Cl)c2)CC1. The predicted molar refractivity (Wildman–Crippen MR) is 137 cm³/mol. The van der Waals surface area contributed by atoms with Crippen molar-refractivity contribution < 1.29 is 28.6 Å². The minimum absolute atomic E-state index is 0.158. The molecule has 1 heterocycles. The molecule has 1 aliphatic rings. The second kappa shape index (κ2) is 10.5. The van der Waals surface area contributed by atoms with Crippen LogP contribution in [0.1, 0.15) is 74.3 Å². The average Bonchev–Trinajstić information content (AvgIpc) is 2.65. The average molecular weight is 509 g/mol. The van der Waals surface area contributed by atoms with Gasteiger partial charge in [0, 0.05) is 13.1 Å². The maximum Gasteiger partial charge on any atom is 0.424 e. The van der Waals surface area contributed by atoms with Crippen molar-refractivity contribution in [3.63, 3.8) is 0 Å². The van der Waals surface area contributed by atoms with Crippen LogP contribution >= 0.6 is 11.6 Å². The summed E-state index contributed by atoms with van der Waals surface area (Å²) in [6, 6.07) is 5.05. The molecule has 0 fully saturated rings. The van der Waals surface area contributed by atoms with Gasteiger partial charge in [0.25, 0.3) is 0 Å². The molecule has 35 heavy (non-hydrogen) atoms. The molecular weight excluding hydrogens is 472 g/mol. The van der Waals surface area contributed by atoms with E-state index in [0.717, 1.165) is 16.0 Å². The number of halogens is 1. The van der Waals surface area contributed by atoms with Crippen LogP contribution in [0.3, 0.4) is 0 Å². The van der Waals surface area contributed by atoms with E-state index in [4.69, 9.17) is 25.8 Å². The fraction of sp³-hybridized carbons (Fsp3) is 0.577. The smallest absolute Gasteiger partial charge is 0.424 e. The lowest BCUT2D eigenvalue weighted by atomic mass is 9.99. The van der Waals surface area contributed by atoms with Crippen molar-refractivity contribution >= 4 is 41.1 Å². The molecule has 0 aromatic heterocycles. The number of nitrogens with zero attached hydrogens (tertiary/aromatic N) is 2. The molecule has 194 valence electrons. The van der Waals surface area contributed by atoms with E-state index in [0.29, 0.717) is 19.5 Å². The highest BCUT2D eigenvalue weighted by Gasteiger charge is 2.34. The van der Waals surface area contributed by atoms with Crippen LogP contribution in [0.5, 0.6) is 0 Å². The molecule has 2 rings (SSSR count). The van der Waals surface area contributed by atoms with E-state index < -0.39 is 29.0 Å². The lowest BCUT2D eigenvalue weighted by Gasteiger charge is -2.30. The van der Waals surface area contributed by atoms with Crippen molar-refractivity contribution in [3.8, 4) is 0 Å². The molecule has 0 saturated heterocycles. The first-order chi connectivity index (χ1) is 15.9. The molecule has 8 nitrogen and oxygen atoms in total. The number of benzene rings is 1. The van der Waals surface area contributed by atoms with Crippen LogP contribution in [0.15, 0.2) is 24.3 Å². The number of rotatable bonds is 2. The van der Waals surface area contributed by atoms with Gasteiger partial charge in [-0.05, 0) is 92.0 Å². The summed E-state index contributed by atoms with van der Waals surface area (Å²) in [6.07, 6.45) is 0.429. The van der Waals surface area contributed by atoms with E-state index in [-0.39, 0.29) is 16.8 Å². The van der Waals surface area contributed by atoms with E-state index in [2.05, 4.69) is 0 Å². The summed E-state index contributed by atoms with van der Waals surface area (Å²) in [6.45, 7) is 16.6. The minimum atomic E-state index is -0.883. The monoisotopic (exact) mass is 508 g/mol. The summed E-state index contributed by atoms with van der Waals surface area (Å²) < 4.78 is 16.3. The number of imide groups is 1. The zero-order valence-electron chi connectivity index (χ0n) is 22.2. The summed E-state index contributed by atoms with van der Waals surface area (Å²) in [5.74, 6) is 0. The molecule has 0 bridgehead atoms. The van der Waals surface area contributed by atoms with Gasteiger partial charge in [-0.3, -0.25) is 0 Å². The van der Waals surface area contributed by atoms with E-state index >= 15 is 0 Å². The van der Waals surface area contributed by atoms with E-state index in [9.17, 15) is 14.4 Å². The first-order valence-corrected chi connectivity index (χ1v) is 12.0. The molecule has 1 aromatic carbocycles. The molecule has 3 amide bonds. The Morgan fingerprint density at radius 2 is 1.37 bits per heavy atom. The number of carbonyl (C=O) groups excluding carboxylic acids is 3. The lowest BCUT2D eigenvalue weighted by molar-refractivity contribution is 0.0269. The maximum atomic E-state index is 12.9. The Morgan fingerprint density at radius 1 is 0.857 bits per heavy atom. The number of carbonyl (C=O) groups is 3. The topological polar surface area (TPSA) is 85.4 Å². The van der Waals surface area contributed by atoms with Crippen LogP contribution in [-0.4, -0.2) is 53.1 Å². The van der Waals surface area contributed by atoms with Crippen molar-refractivity contribution in [2.24, 2.45) is 0 Å². The number of amides is 3. The Kier molecular flexibility index (Phi) is 8.53. The van der Waals surface area contributed by atoms with Crippen LogP contribution in [0, 0.1) is 0 Å². The third kappa shape index (κ3) is 8.76. The quantitative estimate of drug-likeness (QED) is 0.398. The second-order valence-electron chi connectivity index (χ2n) is 11.4. The van der Waals surface area contributed by atoms with Gasteiger partial charge in [0.2, 0.25) is 0 Å². The molecule has 0 radical (unpaired) electrons. The van der Waals surface area contributed by atoms with Gasteiger partial charge in [0.15, 0.2) is 0 Å².